The van der Waals surface area contributed by atoms with Crippen molar-refractivity contribution in [3.8, 4) is 16.8 Å². The standard InChI is InChI=1S/C74H84BN3/c1-67(2)29-30-68(3,4)52-37-47(27-28-51(52)67)78-61-43-57-53(69(5,6)31-35-73(57,13)14)38-48(61)49-40-63(76(45-23-19-17-20-24-45)46-25-21-18-22-26-46)64-50-39-54-56(72(11,12)34-32-70(54,7)8)42-60(50)77-62-44-58-55(71(9,10)33-36-74(58,15)16)41-59(62)75(78)65(49)66(64)77/h17-28,37-44H,29-36H2,1-16H3. The van der Waals surface area contributed by atoms with E-state index in [-0.39, 0.29) is 50.2 Å². The molecule has 78 heavy (non-hydrogen) atoms. The lowest BCUT2D eigenvalue weighted by atomic mass is 9.43. The highest BCUT2D eigenvalue weighted by molar-refractivity contribution is 6.93. The molecule has 1 aromatic heterocycles. The van der Waals surface area contributed by atoms with Gasteiger partial charge in [-0.05, 0) is 228 Å². The maximum Gasteiger partial charge on any atom is 0.333 e. The molecule has 0 unspecified atom stereocenters. The Morgan fingerprint density at radius 2 is 0.808 bits per heavy atom. The van der Waals surface area contributed by atoms with Gasteiger partial charge in [-0.1, -0.05) is 159 Å². The van der Waals surface area contributed by atoms with E-state index in [1.54, 1.807) is 0 Å². The van der Waals surface area contributed by atoms with Gasteiger partial charge in [-0.25, -0.2) is 0 Å². The summed E-state index contributed by atoms with van der Waals surface area (Å²) in [5.41, 5.74) is 28.3. The number of benzene rings is 7. The van der Waals surface area contributed by atoms with Crippen molar-refractivity contribution in [2.75, 3.05) is 9.71 Å². The van der Waals surface area contributed by atoms with Gasteiger partial charge in [0.2, 0.25) is 0 Å². The maximum absolute atomic E-state index is 2.89. The molecule has 0 bridgehead atoms. The first-order chi connectivity index (χ1) is 36.6. The molecule has 4 heteroatoms. The number of anilines is 5. The van der Waals surface area contributed by atoms with E-state index in [0.29, 0.717) is 0 Å². The van der Waals surface area contributed by atoms with Crippen LogP contribution in [0.2, 0.25) is 0 Å². The first-order valence-corrected chi connectivity index (χ1v) is 30.1. The first kappa shape index (κ1) is 50.2. The second kappa shape index (κ2) is 15.9. The molecule has 0 atom stereocenters. The highest BCUT2D eigenvalue weighted by Crippen LogP contribution is 2.58. The Hall–Kier alpha value is -6.00. The zero-order valence-electron chi connectivity index (χ0n) is 50.1. The van der Waals surface area contributed by atoms with Crippen LogP contribution in [0, 0.1) is 0 Å². The molecule has 7 aromatic carbocycles. The van der Waals surface area contributed by atoms with Crippen LogP contribution < -0.4 is 20.6 Å². The van der Waals surface area contributed by atoms with Gasteiger partial charge in [0.25, 0.3) is 0 Å². The number of rotatable bonds is 4. The fourth-order valence-electron chi connectivity index (χ4n) is 16.4. The highest BCUT2D eigenvalue weighted by atomic mass is 15.2. The van der Waals surface area contributed by atoms with Crippen LogP contribution in [-0.2, 0) is 43.3 Å². The Labute approximate surface area is 468 Å². The van der Waals surface area contributed by atoms with Crippen molar-refractivity contribution in [2.45, 2.75) is 205 Å². The molecule has 398 valence electrons. The van der Waals surface area contributed by atoms with Gasteiger partial charge in [0.05, 0.1) is 16.7 Å². The summed E-state index contributed by atoms with van der Waals surface area (Å²) < 4.78 is 2.83. The third-order valence-corrected chi connectivity index (χ3v) is 22.0. The van der Waals surface area contributed by atoms with Gasteiger partial charge >= 0.3 is 6.85 Å². The van der Waals surface area contributed by atoms with Crippen LogP contribution in [-0.4, -0.2) is 11.4 Å². The molecule has 0 amide bonds. The lowest BCUT2D eigenvalue weighted by molar-refractivity contribution is 0.332. The van der Waals surface area contributed by atoms with E-state index in [2.05, 4.69) is 246 Å². The van der Waals surface area contributed by atoms with Crippen LogP contribution in [0.15, 0.2) is 121 Å². The van der Waals surface area contributed by atoms with Gasteiger partial charge in [0.1, 0.15) is 0 Å². The lowest BCUT2D eigenvalue weighted by Crippen LogP contribution is -2.61. The lowest BCUT2D eigenvalue weighted by Gasteiger charge is -2.48. The maximum atomic E-state index is 2.89. The fraction of sp³-hybridized carbons (Fsp3) is 0.432. The number of para-hydroxylation sites is 2. The van der Waals surface area contributed by atoms with E-state index in [9.17, 15) is 0 Å². The second-order valence-electron chi connectivity index (χ2n) is 30.8. The van der Waals surface area contributed by atoms with Gasteiger partial charge in [-0.3, -0.25) is 0 Å². The Kier molecular flexibility index (Phi) is 10.2. The van der Waals surface area contributed by atoms with Crippen molar-refractivity contribution in [2.24, 2.45) is 0 Å². The summed E-state index contributed by atoms with van der Waals surface area (Å²) in [6.45, 7) is 40.1. The number of fused-ring (bicyclic) bond motifs is 12. The van der Waals surface area contributed by atoms with E-state index in [0.717, 1.165) is 6.42 Å². The van der Waals surface area contributed by atoms with Gasteiger partial charge < -0.3 is 14.3 Å². The molecule has 3 heterocycles. The van der Waals surface area contributed by atoms with E-state index in [1.165, 1.54) is 167 Å². The predicted molar refractivity (Wildman–Crippen MR) is 336 cm³/mol. The molecule has 0 saturated heterocycles. The van der Waals surface area contributed by atoms with E-state index in [4.69, 9.17) is 0 Å². The highest BCUT2D eigenvalue weighted by Gasteiger charge is 2.50. The zero-order valence-corrected chi connectivity index (χ0v) is 50.1. The molecule has 0 fully saturated rings. The minimum absolute atomic E-state index is 0.0187. The molecule has 0 saturated carbocycles. The van der Waals surface area contributed by atoms with Crippen LogP contribution in [0.4, 0.5) is 28.4 Å². The third kappa shape index (κ3) is 6.95. The largest absolute Gasteiger partial charge is 0.376 e. The monoisotopic (exact) mass is 1030 g/mol. The number of hydrogen-bond acceptors (Lipinski definition) is 2. The SMILES string of the molecule is CC1(C)CCC(C)(C)c2cc(N3B4c5cc6c(cc5-n5c7cc8c(cc7c7c(N(c9ccccc9)c9ccccc9)cc(c4c75)-c4cc5c(cc43)C(C)(C)CCC5(C)C)C(C)(C)CCC8(C)C)C(C)(C)CCC6(C)C)ccc21. The molecular weight excluding hydrogens is 942 g/mol. The average molecular weight is 1030 g/mol. The minimum Gasteiger partial charge on any atom is -0.376 e. The molecule has 4 aliphatic carbocycles. The molecule has 2 aliphatic heterocycles. The number of hydrogen-bond donors (Lipinski definition) is 0. The van der Waals surface area contributed by atoms with Gasteiger partial charge in [0.15, 0.2) is 0 Å². The molecule has 6 aliphatic rings. The van der Waals surface area contributed by atoms with Crippen LogP contribution in [0.1, 0.15) is 207 Å². The number of nitrogens with zero attached hydrogens (tertiary/aromatic N) is 3. The summed E-state index contributed by atoms with van der Waals surface area (Å²) in [5.74, 6) is 0. The van der Waals surface area contributed by atoms with Crippen molar-refractivity contribution < 1.29 is 0 Å². The van der Waals surface area contributed by atoms with Crippen LogP contribution in [0.5, 0.6) is 0 Å². The van der Waals surface area contributed by atoms with Crippen molar-refractivity contribution in [1.82, 2.24) is 4.57 Å². The fourth-order valence-corrected chi connectivity index (χ4v) is 16.4. The summed E-state index contributed by atoms with van der Waals surface area (Å²) in [5, 5.41) is 2.71. The van der Waals surface area contributed by atoms with Gasteiger partial charge in [-0.2, -0.15) is 0 Å². The molecule has 3 nitrogen and oxygen atoms in total. The molecular formula is C74H84BN3. The van der Waals surface area contributed by atoms with Crippen LogP contribution in [0.3, 0.4) is 0 Å². The van der Waals surface area contributed by atoms with E-state index >= 15 is 0 Å². The van der Waals surface area contributed by atoms with Crippen LogP contribution >= 0.6 is 0 Å². The quantitative estimate of drug-likeness (QED) is 0.163. The second-order valence-corrected chi connectivity index (χ2v) is 30.8. The number of aromatic nitrogens is 1. The van der Waals surface area contributed by atoms with E-state index < -0.39 is 0 Å². The van der Waals surface area contributed by atoms with Crippen LogP contribution in [0.25, 0.3) is 38.6 Å². The normalized spacial score (nSPS) is 21.4. The summed E-state index contributed by atoms with van der Waals surface area (Å²) in [6.07, 6.45) is 9.38. The average Bonchev–Trinajstić information content (AvgIpc) is 2.33. The van der Waals surface area contributed by atoms with Crippen molar-refractivity contribution in [3.05, 3.63) is 166 Å². The Morgan fingerprint density at radius 1 is 0.385 bits per heavy atom. The zero-order chi connectivity index (χ0) is 54.8. The Bertz CT molecular complexity index is 3830. The van der Waals surface area contributed by atoms with Gasteiger partial charge in [0, 0.05) is 44.8 Å². The van der Waals surface area contributed by atoms with Crippen molar-refractivity contribution in [3.63, 3.8) is 0 Å². The Morgan fingerprint density at radius 3 is 1.32 bits per heavy atom. The summed E-state index contributed by atoms with van der Waals surface area (Å²) in [4.78, 5) is 5.49. The minimum atomic E-state index is -0.0954. The summed E-state index contributed by atoms with van der Waals surface area (Å²) in [7, 11) is 0. The van der Waals surface area contributed by atoms with E-state index in [1.807, 2.05) is 0 Å². The molecule has 14 rings (SSSR count). The molecule has 0 spiro atoms. The predicted octanol–water partition coefficient (Wildman–Crippen LogP) is 18.9. The van der Waals surface area contributed by atoms with Gasteiger partial charge in [-0.15, -0.1) is 0 Å². The smallest absolute Gasteiger partial charge is 0.333 e. The molecule has 0 N–H and O–H groups in total. The van der Waals surface area contributed by atoms with Crippen molar-refractivity contribution in [1.29, 1.82) is 0 Å². The summed E-state index contributed by atoms with van der Waals surface area (Å²) in [6, 6.07) is 49.2. The van der Waals surface area contributed by atoms with Crippen molar-refractivity contribution >= 4 is 68.0 Å². The molecule has 8 aromatic rings. The topological polar surface area (TPSA) is 11.4 Å². The molecule has 0 radical (unpaired) electrons. The Balaban J connectivity index is 1.23. The summed E-state index contributed by atoms with van der Waals surface area (Å²) >= 11 is 0. The first-order valence-electron chi connectivity index (χ1n) is 30.1. The third-order valence-electron chi connectivity index (χ3n) is 22.0.